The van der Waals surface area contributed by atoms with E-state index in [-0.39, 0.29) is 18.2 Å². The molecular formula is C16H11F2NO2. The average molecular weight is 287 g/mol. The second-order valence-corrected chi connectivity index (χ2v) is 4.47. The second-order valence-electron chi connectivity index (χ2n) is 4.47. The van der Waals surface area contributed by atoms with Gasteiger partial charge < -0.3 is 9.84 Å². The van der Waals surface area contributed by atoms with E-state index in [4.69, 9.17) is 4.74 Å². The Bertz CT molecular complexity index is 805. The van der Waals surface area contributed by atoms with E-state index in [1.807, 2.05) is 12.1 Å². The lowest BCUT2D eigenvalue weighted by molar-refractivity contribution is 0.282. The van der Waals surface area contributed by atoms with Gasteiger partial charge in [0.05, 0.1) is 12.1 Å². The van der Waals surface area contributed by atoms with E-state index in [9.17, 15) is 13.9 Å². The molecule has 2 aromatic carbocycles. The zero-order valence-corrected chi connectivity index (χ0v) is 10.9. The monoisotopic (exact) mass is 287 g/mol. The third-order valence-electron chi connectivity index (χ3n) is 3.06. The molecule has 0 unspecified atom stereocenters. The predicted molar refractivity (Wildman–Crippen MR) is 74.1 cm³/mol. The average Bonchev–Trinajstić information content (AvgIpc) is 2.50. The number of halogens is 2. The lowest BCUT2D eigenvalue weighted by atomic mass is 10.1. The fraction of sp³-hybridized carbons (Fsp3) is 0.0625. The predicted octanol–water partition coefficient (Wildman–Crippen LogP) is 3.80. The summed E-state index contributed by atoms with van der Waals surface area (Å²) in [4.78, 5) is 4.23. The Morgan fingerprint density at radius 1 is 1.05 bits per heavy atom. The Kier molecular flexibility index (Phi) is 3.50. The van der Waals surface area contributed by atoms with Crippen LogP contribution in [0.5, 0.6) is 11.6 Å². The van der Waals surface area contributed by atoms with Crippen molar-refractivity contribution in [3.8, 4) is 11.6 Å². The first-order valence-electron chi connectivity index (χ1n) is 6.30. The number of pyridine rings is 1. The van der Waals surface area contributed by atoms with Gasteiger partial charge in [-0.2, -0.15) is 0 Å². The van der Waals surface area contributed by atoms with E-state index in [2.05, 4.69) is 4.98 Å². The summed E-state index contributed by atoms with van der Waals surface area (Å²) in [5.41, 5.74) is 1.21. The Labute approximate surface area is 119 Å². The Hall–Kier alpha value is -2.53. The fourth-order valence-corrected chi connectivity index (χ4v) is 2.07. The highest BCUT2D eigenvalue weighted by Crippen LogP contribution is 2.27. The summed E-state index contributed by atoms with van der Waals surface area (Å²) < 4.78 is 32.0. The van der Waals surface area contributed by atoms with Crippen LogP contribution < -0.4 is 4.74 Å². The largest absolute Gasteiger partial charge is 0.436 e. The van der Waals surface area contributed by atoms with Crippen LogP contribution in [0.4, 0.5) is 8.78 Å². The van der Waals surface area contributed by atoms with Gasteiger partial charge in [-0.25, -0.2) is 13.8 Å². The highest BCUT2D eigenvalue weighted by atomic mass is 19.1. The molecule has 0 saturated carbocycles. The first-order chi connectivity index (χ1) is 10.2. The van der Waals surface area contributed by atoms with Crippen LogP contribution in [-0.2, 0) is 6.61 Å². The minimum atomic E-state index is -0.683. The highest BCUT2D eigenvalue weighted by Gasteiger charge is 2.10. The number of aromatic nitrogens is 1. The maximum absolute atomic E-state index is 13.6. The van der Waals surface area contributed by atoms with E-state index in [0.29, 0.717) is 11.1 Å². The van der Waals surface area contributed by atoms with Crippen molar-refractivity contribution in [3.05, 3.63) is 65.7 Å². The molecule has 21 heavy (non-hydrogen) atoms. The Morgan fingerprint density at radius 3 is 2.67 bits per heavy atom. The second kappa shape index (κ2) is 5.46. The number of benzene rings is 2. The SMILES string of the molecule is OCc1cc(Oc2cc(F)ccc2F)nc2ccccc12. The van der Waals surface area contributed by atoms with Crippen LogP contribution in [0.15, 0.2) is 48.5 Å². The van der Waals surface area contributed by atoms with Crippen molar-refractivity contribution in [3.63, 3.8) is 0 Å². The number of fused-ring (bicyclic) bond motifs is 1. The third-order valence-corrected chi connectivity index (χ3v) is 3.06. The van der Waals surface area contributed by atoms with E-state index in [1.54, 1.807) is 12.1 Å². The third kappa shape index (κ3) is 2.68. The van der Waals surface area contributed by atoms with Gasteiger partial charge in [-0.15, -0.1) is 0 Å². The van der Waals surface area contributed by atoms with Crippen LogP contribution in [0, 0.1) is 11.6 Å². The summed E-state index contributed by atoms with van der Waals surface area (Å²) in [6, 6.07) is 11.6. The lowest BCUT2D eigenvalue weighted by Crippen LogP contribution is -1.95. The highest BCUT2D eigenvalue weighted by molar-refractivity contribution is 5.82. The van der Waals surface area contributed by atoms with Crippen molar-refractivity contribution in [2.24, 2.45) is 0 Å². The van der Waals surface area contributed by atoms with Gasteiger partial charge in [0.2, 0.25) is 5.88 Å². The lowest BCUT2D eigenvalue weighted by Gasteiger charge is -2.09. The molecule has 0 radical (unpaired) electrons. The summed E-state index contributed by atoms with van der Waals surface area (Å²) in [7, 11) is 0. The minimum absolute atomic E-state index is 0.0993. The molecule has 106 valence electrons. The zero-order chi connectivity index (χ0) is 14.8. The molecule has 0 aliphatic carbocycles. The molecule has 1 heterocycles. The van der Waals surface area contributed by atoms with Crippen LogP contribution >= 0.6 is 0 Å². The maximum Gasteiger partial charge on any atom is 0.220 e. The van der Waals surface area contributed by atoms with Crippen LogP contribution in [0.1, 0.15) is 5.56 Å². The van der Waals surface area contributed by atoms with Gasteiger partial charge in [-0.3, -0.25) is 0 Å². The quantitative estimate of drug-likeness (QED) is 0.796. The van der Waals surface area contributed by atoms with E-state index >= 15 is 0 Å². The number of para-hydroxylation sites is 1. The molecule has 0 saturated heterocycles. The standard InChI is InChI=1S/C16H11F2NO2/c17-11-5-6-13(18)15(8-11)21-16-7-10(9-20)12-3-1-2-4-14(12)19-16/h1-8,20H,9H2. The van der Waals surface area contributed by atoms with Crippen LogP contribution in [-0.4, -0.2) is 10.1 Å². The van der Waals surface area contributed by atoms with Crippen molar-refractivity contribution < 1.29 is 18.6 Å². The summed E-state index contributed by atoms with van der Waals surface area (Å²) in [6.07, 6.45) is 0. The number of hydrogen-bond donors (Lipinski definition) is 1. The van der Waals surface area contributed by atoms with Gasteiger partial charge in [0.1, 0.15) is 5.82 Å². The van der Waals surface area contributed by atoms with Crippen LogP contribution in [0.3, 0.4) is 0 Å². The number of ether oxygens (including phenoxy) is 1. The van der Waals surface area contributed by atoms with E-state index in [1.165, 1.54) is 6.07 Å². The Morgan fingerprint density at radius 2 is 1.86 bits per heavy atom. The number of aliphatic hydroxyl groups excluding tert-OH is 1. The molecule has 0 aliphatic heterocycles. The molecule has 0 spiro atoms. The zero-order valence-electron chi connectivity index (χ0n) is 10.9. The molecule has 0 aliphatic rings. The number of hydrogen-bond acceptors (Lipinski definition) is 3. The van der Waals surface area contributed by atoms with Crippen LogP contribution in [0.25, 0.3) is 10.9 Å². The van der Waals surface area contributed by atoms with Crippen molar-refractivity contribution >= 4 is 10.9 Å². The molecule has 3 nitrogen and oxygen atoms in total. The van der Waals surface area contributed by atoms with Crippen molar-refractivity contribution in [2.75, 3.05) is 0 Å². The van der Waals surface area contributed by atoms with Gasteiger partial charge in [-0.05, 0) is 23.8 Å². The Balaban J connectivity index is 2.06. The molecule has 0 bridgehead atoms. The summed E-state index contributed by atoms with van der Waals surface area (Å²) in [5.74, 6) is -1.43. The summed E-state index contributed by atoms with van der Waals surface area (Å²) in [6.45, 7) is -0.203. The van der Waals surface area contributed by atoms with Gasteiger partial charge >= 0.3 is 0 Å². The molecular weight excluding hydrogens is 276 g/mol. The molecule has 1 aromatic heterocycles. The molecule has 0 amide bonds. The van der Waals surface area contributed by atoms with Gasteiger partial charge in [0.15, 0.2) is 11.6 Å². The molecule has 0 atom stereocenters. The normalized spacial score (nSPS) is 10.8. The van der Waals surface area contributed by atoms with Crippen molar-refractivity contribution in [2.45, 2.75) is 6.61 Å². The first-order valence-corrected chi connectivity index (χ1v) is 6.30. The number of aliphatic hydroxyl groups is 1. The number of nitrogens with zero attached hydrogens (tertiary/aromatic N) is 1. The molecule has 5 heteroatoms. The molecule has 3 rings (SSSR count). The first kappa shape index (κ1) is 13.5. The van der Waals surface area contributed by atoms with Gasteiger partial charge in [-0.1, -0.05) is 18.2 Å². The topological polar surface area (TPSA) is 42.4 Å². The van der Waals surface area contributed by atoms with Crippen molar-refractivity contribution in [1.29, 1.82) is 0 Å². The fourth-order valence-electron chi connectivity index (χ4n) is 2.07. The molecule has 0 fully saturated rings. The number of rotatable bonds is 3. The van der Waals surface area contributed by atoms with Crippen molar-refractivity contribution in [1.82, 2.24) is 4.98 Å². The van der Waals surface area contributed by atoms with Gasteiger partial charge in [0.25, 0.3) is 0 Å². The summed E-state index contributed by atoms with van der Waals surface area (Å²) in [5, 5.41) is 10.2. The molecule has 1 N–H and O–H groups in total. The van der Waals surface area contributed by atoms with Crippen LogP contribution in [0.2, 0.25) is 0 Å². The smallest absolute Gasteiger partial charge is 0.220 e. The maximum atomic E-state index is 13.6. The van der Waals surface area contributed by atoms with E-state index < -0.39 is 11.6 Å². The summed E-state index contributed by atoms with van der Waals surface area (Å²) >= 11 is 0. The minimum Gasteiger partial charge on any atom is -0.436 e. The molecule has 3 aromatic rings. The van der Waals surface area contributed by atoms with E-state index in [0.717, 1.165) is 23.6 Å². The van der Waals surface area contributed by atoms with Gasteiger partial charge in [0, 0.05) is 17.5 Å².